The van der Waals surface area contributed by atoms with Crippen molar-refractivity contribution in [1.82, 2.24) is 0 Å². The number of fused-ring (bicyclic) bond motifs is 2. The van der Waals surface area contributed by atoms with E-state index in [2.05, 4.69) is 114 Å². The van der Waals surface area contributed by atoms with Crippen molar-refractivity contribution in [3.63, 3.8) is 0 Å². The van der Waals surface area contributed by atoms with E-state index in [-0.39, 0.29) is 62.4 Å². The van der Waals surface area contributed by atoms with E-state index in [0.717, 1.165) is 11.3 Å². The molecular weight excluding hydrogens is 637 g/mol. The van der Waals surface area contributed by atoms with Crippen LogP contribution in [-0.4, -0.2) is 21.6 Å². The molecule has 0 aliphatic heterocycles. The maximum absolute atomic E-state index is 2.55. The number of halogens is 2. The van der Waals surface area contributed by atoms with Crippen molar-refractivity contribution >= 4 is 48.0 Å². The summed E-state index contributed by atoms with van der Waals surface area (Å²) in [6.45, 7) is 14.3. The molecule has 0 atom stereocenters. The van der Waals surface area contributed by atoms with Crippen LogP contribution in [0.5, 0.6) is 0 Å². The van der Waals surface area contributed by atoms with E-state index in [4.69, 9.17) is 0 Å². The van der Waals surface area contributed by atoms with Gasteiger partial charge in [0.15, 0.2) is 0 Å². The van der Waals surface area contributed by atoms with Gasteiger partial charge in [-0.2, -0.15) is 12.1 Å². The Morgan fingerprint density at radius 3 is 1.33 bits per heavy atom. The van der Waals surface area contributed by atoms with Crippen molar-refractivity contribution < 1.29 is 46.5 Å². The Morgan fingerprint density at radius 2 is 0.930 bits per heavy atom. The number of benzene rings is 2. The molecule has 0 aromatic heterocycles. The molecule has 0 bridgehead atoms. The predicted molar refractivity (Wildman–Crippen MR) is 185 cm³/mol. The van der Waals surface area contributed by atoms with Gasteiger partial charge < -0.3 is 24.8 Å². The first-order valence-electron chi connectivity index (χ1n) is 16.0. The van der Waals surface area contributed by atoms with E-state index in [0.29, 0.717) is 10.3 Å². The van der Waals surface area contributed by atoms with E-state index in [1.54, 1.807) is 10.6 Å². The zero-order valence-corrected chi connectivity index (χ0v) is 32.2. The Kier molecular flexibility index (Phi) is 15.5. The van der Waals surface area contributed by atoms with Crippen LogP contribution >= 0.6 is 15.8 Å². The first-order valence-corrected chi connectivity index (χ1v) is 18.8. The normalized spacial score (nSPS) is 16.7. The molecule has 2 aliphatic rings. The minimum atomic E-state index is -0.185. The number of hydrogen-bond acceptors (Lipinski definition) is 0. The summed E-state index contributed by atoms with van der Waals surface area (Å²) in [5, 5.41) is 9.67. The summed E-state index contributed by atoms with van der Waals surface area (Å²) in [5.41, 5.74) is 2.03. The molecule has 0 nitrogen and oxygen atoms in total. The van der Waals surface area contributed by atoms with Gasteiger partial charge in [-0.15, -0.1) is 80.7 Å². The molecule has 0 spiro atoms. The summed E-state index contributed by atoms with van der Waals surface area (Å²) in [7, 11) is -0.124. The average Bonchev–Trinajstić information content (AvgIpc) is 3.52. The predicted octanol–water partition coefficient (Wildman–Crippen LogP) is 5.60. The van der Waals surface area contributed by atoms with Crippen molar-refractivity contribution in [1.29, 1.82) is 0 Å². The third-order valence-electron chi connectivity index (χ3n) is 9.04. The average molecular weight is 690 g/mol. The van der Waals surface area contributed by atoms with Gasteiger partial charge in [0.25, 0.3) is 0 Å². The van der Waals surface area contributed by atoms with Crippen LogP contribution in [0, 0.1) is 0 Å². The van der Waals surface area contributed by atoms with E-state index < -0.39 is 0 Å². The fourth-order valence-electron chi connectivity index (χ4n) is 7.77. The van der Waals surface area contributed by atoms with Crippen LogP contribution in [0.4, 0.5) is 0 Å². The van der Waals surface area contributed by atoms with Gasteiger partial charge in [-0.3, -0.25) is 0 Å². The molecule has 43 heavy (non-hydrogen) atoms. The molecule has 0 unspecified atom stereocenters. The summed E-state index contributed by atoms with van der Waals surface area (Å²) in [6.07, 6.45) is 14.9. The van der Waals surface area contributed by atoms with Crippen molar-refractivity contribution in [2.75, 3.05) is 0 Å². The number of hydrogen-bond donors (Lipinski definition) is 0. The Hall–Kier alpha value is -0.186. The van der Waals surface area contributed by atoms with Crippen molar-refractivity contribution in [3.05, 3.63) is 72.8 Å². The molecule has 5 heteroatoms. The molecule has 2 fully saturated rings. The Morgan fingerprint density at radius 1 is 0.558 bits per heavy atom. The van der Waals surface area contributed by atoms with Crippen molar-refractivity contribution in [3.8, 4) is 0 Å². The summed E-state index contributed by atoms with van der Waals surface area (Å²) in [6, 6.07) is 27.6. The minimum absolute atomic E-state index is 0. The van der Waals surface area contributed by atoms with Crippen LogP contribution in [-0.2, 0) is 21.7 Å². The van der Waals surface area contributed by atoms with Crippen molar-refractivity contribution in [2.24, 2.45) is 0 Å². The van der Waals surface area contributed by atoms with Crippen LogP contribution in [0.25, 0.3) is 21.5 Å². The molecule has 0 amide bonds. The van der Waals surface area contributed by atoms with Crippen LogP contribution in [0.3, 0.4) is 0 Å². The molecule has 6 rings (SSSR count). The monoisotopic (exact) mass is 688 g/mol. The third kappa shape index (κ3) is 9.90. The third-order valence-corrected chi connectivity index (χ3v) is 16.0. The zero-order valence-electron chi connectivity index (χ0n) is 27.3. The molecule has 0 heterocycles. The molecule has 2 saturated carbocycles. The van der Waals surface area contributed by atoms with E-state index in [9.17, 15) is 0 Å². The fourth-order valence-corrected chi connectivity index (χ4v) is 15.7. The van der Waals surface area contributed by atoms with Crippen LogP contribution in [0.1, 0.15) is 106 Å². The van der Waals surface area contributed by atoms with E-state index in [1.807, 2.05) is 0 Å². The first-order chi connectivity index (χ1) is 19.1. The van der Waals surface area contributed by atoms with Gasteiger partial charge >= 0.3 is 21.7 Å². The fraction of sp³-hybridized carbons (Fsp3) is 0.526. The van der Waals surface area contributed by atoms with Crippen LogP contribution < -0.4 is 35.4 Å². The molecule has 2 aliphatic carbocycles. The summed E-state index contributed by atoms with van der Waals surface area (Å²) in [4.78, 5) is 0. The first kappa shape index (κ1) is 39.0. The van der Waals surface area contributed by atoms with Gasteiger partial charge in [-0.05, 0) is 47.3 Å². The number of rotatable bonds is 4. The summed E-state index contributed by atoms with van der Waals surface area (Å²) in [5.74, 6) is 0. The van der Waals surface area contributed by atoms with Gasteiger partial charge in [-0.1, -0.05) is 108 Å². The van der Waals surface area contributed by atoms with E-state index in [1.165, 1.54) is 85.8 Å². The molecule has 0 saturated heterocycles. The maximum atomic E-state index is 2.55. The zero-order chi connectivity index (χ0) is 28.3. The van der Waals surface area contributed by atoms with E-state index >= 15 is 0 Å². The van der Waals surface area contributed by atoms with Crippen molar-refractivity contribution in [2.45, 2.75) is 127 Å². The van der Waals surface area contributed by atoms with Gasteiger partial charge in [0, 0.05) is 0 Å². The molecular formula is C38H52Cl2P2Ti. The molecule has 0 radical (unpaired) electrons. The Balaban J connectivity index is 0.000000286. The second kappa shape index (κ2) is 17.1. The second-order valence-corrected chi connectivity index (χ2v) is 21.0. The van der Waals surface area contributed by atoms with Gasteiger partial charge in [-0.25, -0.2) is 0 Å². The second-order valence-electron chi connectivity index (χ2n) is 14.4. The summed E-state index contributed by atoms with van der Waals surface area (Å²) >= 11 is 0. The van der Waals surface area contributed by atoms with Crippen LogP contribution in [0.15, 0.2) is 72.8 Å². The Labute approximate surface area is 292 Å². The topological polar surface area (TPSA) is 0 Å². The molecule has 232 valence electrons. The minimum Gasteiger partial charge on any atom is -1.00 e. The summed E-state index contributed by atoms with van der Waals surface area (Å²) < 4.78 is 0. The van der Waals surface area contributed by atoms with Crippen LogP contribution in [0.2, 0.25) is 0 Å². The maximum Gasteiger partial charge on any atom is 4.00 e. The molecule has 4 aromatic rings. The largest absolute Gasteiger partial charge is 4.00 e. The Bertz CT molecular complexity index is 1270. The van der Waals surface area contributed by atoms with Gasteiger partial charge in [0.2, 0.25) is 0 Å². The standard InChI is InChI=1S/C21H28P.C17H24P.2ClH.Ti/c1-3-11-19(12-4-1)22(20-13-5-2-6-14-20)21-15-17-9-7-8-10-18(17)16-21;1-16(2,3)18(17(4,5)6)15-11-13-9-7-8-10-14(13)12-15;;;/h7-10,15-16,19-20H,1-6,11-14H2;7-12H,1-6H3;2*1H;/q2*-1;;;+4/p-2. The molecule has 0 N–H and O–H groups in total. The SMILES string of the molecule is CC(C)(C)P(c1cc2ccccc2[cH-]1)C(C)(C)C.[Cl-].[Cl-].[Ti+4].c1ccc2[cH-]c(P(C3CCCCC3)C3CCCCC3)cc2c1. The quantitative estimate of drug-likeness (QED) is 0.149. The molecule has 4 aromatic carbocycles. The van der Waals surface area contributed by atoms with Gasteiger partial charge in [0.1, 0.15) is 0 Å². The smallest absolute Gasteiger partial charge is 1.00 e. The van der Waals surface area contributed by atoms with Gasteiger partial charge in [0.05, 0.1) is 0 Å².